The van der Waals surface area contributed by atoms with E-state index in [1.165, 1.54) is 6.20 Å². The molecule has 7 rings (SSSR count). The summed E-state index contributed by atoms with van der Waals surface area (Å²) in [6.45, 7) is 9.32. The first-order valence-electron chi connectivity index (χ1n) is 19.2. The van der Waals surface area contributed by atoms with Crippen LogP contribution in [0, 0.1) is 30.6 Å². The number of carboxylic acids is 1. The number of pyridine rings is 1. The number of halogens is 1. The molecule has 1 aliphatic carbocycles. The Hall–Kier alpha value is -4.66. The van der Waals surface area contributed by atoms with Crippen molar-refractivity contribution in [3.63, 3.8) is 0 Å². The lowest BCUT2D eigenvalue weighted by Gasteiger charge is -2.33. The zero-order chi connectivity index (χ0) is 38.5. The zero-order valence-electron chi connectivity index (χ0n) is 31.6. The van der Waals surface area contributed by atoms with Crippen LogP contribution in [0.4, 0.5) is 0 Å². The summed E-state index contributed by atoms with van der Waals surface area (Å²) in [7, 11) is 0. The van der Waals surface area contributed by atoms with Crippen LogP contribution in [0.1, 0.15) is 71.9 Å². The maximum atomic E-state index is 12.1. The summed E-state index contributed by atoms with van der Waals surface area (Å²) in [5.74, 6) is 1.02. The Balaban J connectivity index is 1.05. The van der Waals surface area contributed by atoms with Crippen LogP contribution in [-0.4, -0.2) is 75.9 Å². The monoisotopic (exact) mass is 764 g/mol. The summed E-state index contributed by atoms with van der Waals surface area (Å²) in [4.78, 5) is 20.7. The number of likely N-dealkylation sites (tertiary alicyclic amines) is 2. The normalized spacial score (nSPS) is 21.0. The topological polar surface area (TPSA) is 128 Å². The first-order chi connectivity index (χ1) is 26.6. The van der Waals surface area contributed by atoms with Gasteiger partial charge in [0.05, 0.1) is 23.3 Å². The van der Waals surface area contributed by atoms with Crippen molar-refractivity contribution >= 4 is 17.6 Å². The van der Waals surface area contributed by atoms with Gasteiger partial charge in [-0.25, -0.2) is 0 Å². The molecule has 2 saturated heterocycles. The minimum Gasteiger partial charge on any atom is -0.493 e. The van der Waals surface area contributed by atoms with Crippen LogP contribution >= 0.6 is 11.6 Å². The second kappa shape index (κ2) is 17.0. The summed E-state index contributed by atoms with van der Waals surface area (Å²) < 4.78 is 19.0. The van der Waals surface area contributed by atoms with Crippen LogP contribution in [0.15, 0.2) is 67.0 Å². The van der Waals surface area contributed by atoms with Gasteiger partial charge in [0.2, 0.25) is 0 Å². The van der Waals surface area contributed by atoms with Crippen LogP contribution in [-0.2, 0) is 24.6 Å². The van der Waals surface area contributed by atoms with E-state index in [-0.39, 0.29) is 24.7 Å². The van der Waals surface area contributed by atoms with E-state index >= 15 is 0 Å². The van der Waals surface area contributed by atoms with Crippen molar-refractivity contribution in [2.75, 3.05) is 32.8 Å². The number of nitrogens with zero attached hydrogens (tertiary/aromatic N) is 4. The van der Waals surface area contributed by atoms with Crippen molar-refractivity contribution in [2.24, 2.45) is 5.41 Å². The van der Waals surface area contributed by atoms with Crippen LogP contribution in [0.25, 0.3) is 11.1 Å². The maximum absolute atomic E-state index is 12.1. The van der Waals surface area contributed by atoms with Gasteiger partial charge < -0.3 is 29.3 Å². The highest BCUT2D eigenvalue weighted by Gasteiger charge is 2.56. The van der Waals surface area contributed by atoms with Gasteiger partial charge in [0.1, 0.15) is 42.6 Å². The lowest BCUT2D eigenvalue weighted by molar-refractivity contribution is -0.144. The molecule has 1 aromatic heterocycles. The number of hydrogen-bond acceptors (Lipinski definition) is 9. The minimum absolute atomic E-state index is 0.111. The third kappa shape index (κ3) is 8.92. The summed E-state index contributed by atoms with van der Waals surface area (Å²) in [5, 5.41) is 29.7. The quantitative estimate of drug-likeness (QED) is 0.116. The number of aliphatic hydroxyl groups is 1. The molecule has 55 heavy (non-hydrogen) atoms. The van der Waals surface area contributed by atoms with Gasteiger partial charge in [-0.3, -0.25) is 14.7 Å². The van der Waals surface area contributed by atoms with Gasteiger partial charge in [-0.1, -0.05) is 48.4 Å². The molecule has 2 aliphatic heterocycles. The Kier molecular flexibility index (Phi) is 11.9. The number of ether oxygens (including phenoxy) is 3. The van der Waals surface area contributed by atoms with Gasteiger partial charge in [0.15, 0.2) is 0 Å². The Morgan fingerprint density at radius 2 is 1.75 bits per heavy atom. The number of aliphatic carboxylic acids is 1. The number of aliphatic hydroxyl groups excluding tert-OH is 1. The molecule has 3 fully saturated rings. The van der Waals surface area contributed by atoms with Crippen molar-refractivity contribution in [3.05, 3.63) is 105 Å². The van der Waals surface area contributed by atoms with Crippen LogP contribution in [0.5, 0.6) is 17.2 Å². The van der Waals surface area contributed by atoms with E-state index in [2.05, 4.69) is 48.0 Å². The molecule has 1 saturated carbocycles. The number of benzene rings is 3. The molecular formula is C44H49ClN4O6. The summed E-state index contributed by atoms with van der Waals surface area (Å²) in [6, 6.07) is 19.2. The Labute approximate surface area is 328 Å². The number of rotatable bonds is 15. The van der Waals surface area contributed by atoms with Gasteiger partial charge in [-0.15, -0.1) is 0 Å². The van der Waals surface area contributed by atoms with Gasteiger partial charge in [0.25, 0.3) is 0 Å². The third-order valence-corrected chi connectivity index (χ3v) is 11.9. The summed E-state index contributed by atoms with van der Waals surface area (Å²) in [5.41, 5.74) is 7.48. The highest BCUT2D eigenvalue weighted by molar-refractivity contribution is 6.32. The zero-order valence-corrected chi connectivity index (χ0v) is 32.4. The fourth-order valence-electron chi connectivity index (χ4n) is 8.17. The standard InChI is InChI=1S/C44H49ClN4O6/c1-29-33(8-5-9-35(29)36-10-6-12-39(30(36)2)53-17-7-14-48-16-13-44(28-48)21-42(44)50)27-55-41-20-40(54-26-32-18-31(22-46)23-47-24-32)34(19-37(41)45)25-49-15-4-3-11-38(49)43(51)52/h5-6,8-10,12,18-20,23-24,38,42,50H,3-4,7,11,13-17,21,25-28H2,1-2H3,(H,51,52)/t38-,42?,44?/m0/s1. The van der Waals surface area contributed by atoms with Crippen LogP contribution < -0.4 is 14.2 Å². The second-order valence-corrected chi connectivity index (χ2v) is 15.7. The van der Waals surface area contributed by atoms with Gasteiger partial charge in [-0.05, 0) is 105 Å². The molecule has 0 radical (unpaired) electrons. The number of piperidine rings is 1. The average molecular weight is 765 g/mol. The van der Waals surface area contributed by atoms with E-state index in [9.17, 15) is 20.3 Å². The molecule has 10 nitrogen and oxygen atoms in total. The Bertz CT molecular complexity index is 2070. The molecule has 0 amide bonds. The highest BCUT2D eigenvalue weighted by atomic mass is 35.5. The molecule has 2 unspecified atom stereocenters. The molecule has 11 heteroatoms. The molecule has 3 aromatic carbocycles. The highest BCUT2D eigenvalue weighted by Crippen LogP contribution is 2.52. The molecule has 1 spiro atoms. The third-order valence-electron chi connectivity index (χ3n) is 11.6. The Morgan fingerprint density at radius 1 is 0.964 bits per heavy atom. The number of hydrogen-bond donors (Lipinski definition) is 2. The molecule has 4 aromatic rings. The first-order valence-corrected chi connectivity index (χ1v) is 19.6. The van der Waals surface area contributed by atoms with Gasteiger partial charge in [0, 0.05) is 54.6 Å². The molecular weight excluding hydrogens is 716 g/mol. The second-order valence-electron chi connectivity index (χ2n) is 15.3. The molecule has 3 heterocycles. The van der Waals surface area contributed by atoms with E-state index < -0.39 is 12.0 Å². The van der Waals surface area contributed by atoms with Crippen molar-refractivity contribution in [3.8, 4) is 34.4 Å². The van der Waals surface area contributed by atoms with Crippen molar-refractivity contribution < 1.29 is 29.2 Å². The van der Waals surface area contributed by atoms with Gasteiger partial charge in [-0.2, -0.15) is 5.26 Å². The number of aromatic nitrogens is 1. The van der Waals surface area contributed by atoms with E-state index in [4.69, 9.17) is 25.8 Å². The van der Waals surface area contributed by atoms with Crippen molar-refractivity contribution in [1.82, 2.24) is 14.8 Å². The Morgan fingerprint density at radius 3 is 2.51 bits per heavy atom. The van der Waals surface area contributed by atoms with Crippen molar-refractivity contribution in [2.45, 2.75) is 84.3 Å². The lowest BCUT2D eigenvalue weighted by Crippen LogP contribution is -2.44. The average Bonchev–Trinajstić information content (AvgIpc) is 3.62. The molecule has 3 atom stereocenters. The van der Waals surface area contributed by atoms with Crippen molar-refractivity contribution in [1.29, 1.82) is 5.26 Å². The summed E-state index contributed by atoms with van der Waals surface area (Å²) in [6.07, 6.45) is 8.42. The number of nitriles is 1. The fourth-order valence-corrected chi connectivity index (χ4v) is 8.41. The smallest absolute Gasteiger partial charge is 0.320 e. The van der Waals surface area contributed by atoms with E-state index in [0.29, 0.717) is 48.2 Å². The largest absolute Gasteiger partial charge is 0.493 e. The fraction of sp³-hybridized carbons (Fsp3) is 0.432. The minimum atomic E-state index is -0.832. The predicted molar refractivity (Wildman–Crippen MR) is 210 cm³/mol. The summed E-state index contributed by atoms with van der Waals surface area (Å²) >= 11 is 6.87. The maximum Gasteiger partial charge on any atom is 0.320 e. The molecule has 288 valence electrons. The molecule has 2 N–H and O–H groups in total. The molecule has 3 aliphatic rings. The lowest BCUT2D eigenvalue weighted by atomic mass is 9.93. The van der Waals surface area contributed by atoms with Crippen LogP contribution in [0.3, 0.4) is 0 Å². The van der Waals surface area contributed by atoms with E-state index in [0.717, 1.165) is 96.4 Å². The van der Waals surface area contributed by atoms with Gasteiger partial charge >= 0.3 is 5.97 Å². The van der Waals surface area contributed by atoms with Crippen LogP contribution in [0.2, 0.25) is 5.02 Å². The van der Waals surface area contributed by atoms with E-state index in [1.54, 1.807) is 24.4 Å². The first kappa shape index (κ1) is 38.6. The number of carboxylic acid groups (broad SMARTS) is 1. The molecule has 0 bridgehead atoms. The number of carbonyl (C=O) groups is 1. The SMILES string of the molecule is Cc1c(COc2cc(OCc3cncc(C#N)c3)c(CN3CCCC[C@H]3C(=O)O)cc2Cl)cccc1-c1cccc(OCCCN2CCC3(CC3O)C2)c1C. The van der Waals surface area contributed by atoms with E-state index in [1.807, 2.05) is 23.1 Å². The predicted octanol–water partition coefficient (Wildman–Crippen LogP) is 7.71.